The summed E-state index contributed by atoms with van der Waals surface area (Å²) in [6, 6.07) is 0. The summed E-state index contributed by atoms with van der Waals surface area (Å²) < 4.78 is 0. The predicted octanol–water partition coefficient (Wildman–Crippen LogP) is 5.17. The molecule has 1 N–H and O–H groups in total. The van der Waals surface area contributed by atoms with Gasteiger partial charge < -0.3 is 5.11 Å². The Kier molecular flexibility index (Phi) is 11.0. The molecule has 1 nitrogen and oxygen atoms in total. The fourth-order valence-electron chi connectivity index (χ4n) is 2.27. The number of aliphatic hydroxyl groups is 1. The fourth-order valence-corrected chi connectivity index (χ4v) is 2.27. The molecule has 0 amide bonds. The van der Waals surface area contributed by atoms with E-state index in [0.717, 1.165) is 5.92 Å². The first-order valence-corrected chi connectivity index (χ1v) is 7.76. The standard InChI is InChI=1S/C16H34O/c1-5-6-7-8-9-11-14(2)12-10-13-15(3)16(4)17/h14-17H,5-13H2,1-4H3. The number of unbranched alkanes of at least 4 members (excludes halogenated alkanes) is 4. The van der Waals surface area contributed by atoms with Crippen molar-refractivity contribution in [1.82, 2.24) is 0 Å². The predicted molar refractivity (Wildman–Crippen MR) is 77.2 cm³/mol. The first-order valence-electron chi connectivity index (χ1n) is 7.76. The third-order valence-corrected chi connectivity index (χ3v) is 3.98. The van der Waals surface area contributed by atoms with Crippen LogP contribution in [0.25, 0.3) is 0 Å². The highest BCUT2D eigenvalue weighted by Gasteiger charge is 2.09. The van der Waals surface area contributed by atoms with Crippen LogP contribution in [0.4, 0.5) is 0 Å². The summed E-state index contributed by atoms with van der Waals surface area (Å²) in [5, 5.41) is 9.41. The Bertz CT molecular complexity index is 154. The van der Waals surface area contributed by atoms with Crippen molar-refractivity contribution in [1.29, 1.82) is 0 Å². The van der Waals surface area contributed by atoms with E-state index < -0.39 is 0 Å². The lowest BCUT2D eigenvalue weighted by Crippen LogP contribution is -2.13. The third-order valence-electron chi connectivity index (χ3n) is 3.98. The maximum atomic E-state index is 9.41. The van der Waals surface area contributed by atoms with Crippen LogP contribution in [-0.2, 0) is 0 Å². The number of rotatable bonds is 11. The van der Waals surface area contributed by atoms with Gasteiger partial charge in [-0.3, -0.25) is 0 Å². The second-order valence-corrected chi connectivity index (χ2v) is 5.96. The van der Waals surface area contributed by atoms with Crippen LogP contribution in [0.2, 0.25) is 0 Å². The number of hydrogen-bond donors (Lipinski definition) is 1. The van der Waals surface area contributed by atoms with E-state index in [1.807, 2.05) is 6.92 Å². The van der Waals surface area contributed by atoms with Gasteiger partial charge in [0.1, 0.15) is 0 Å². The smallest absolute Gasteiger partial charge is 0.0537 e. The lowest BCUT2D eigenvalue weighted by atomic mass is 9.93. The molecular weight excluding hydrogens is 208 g/mol. The summed E-state index contributed by atoms with van der Waals surface area (Å²) in [6.07, 6.45) is 12.0. The molecule has 0 aromatic rings. The summed E-state index contributed by atoms with van der Waals surface area (Å²) in [5.74, 6) is 1.34. The van der Waals surface area contributed by atoms with Crippen molar-refractivity contribution < 1.29 is 5.11 Å². The third kappa shape index (κ3) is 10.8. The Morgan fingerprint density at radius 2 is 1.35 bits per heavy atom. The molecule has 1 heteroatoms. The van der Waals surface area contributed by atoms with Crippen molar-refractivity contribution in [3.8, 4) is 0 Å². The van der Waals surface area contributed by atoms with E-state index in [2.05, 4.69) is 20.8 Å². The molecule has 0 aliphatic heterocycles. The second kappa shape index (κ2) is 11.1. The highest BCUT2D eigenvalue weighted by molar-refractivity contribution is 4.61. The van der Waals surface area contributed by atoms with Gasteiger partial charge in [0, 0.05) is 0 Å². The van der Waals surface area contributed by atoms with E-state index in [-0.39, 0.29) is 6.10 Å². The summed E-state index contributed by atoms with van der Waals surface area (Å²) in [7, 11) is 0. The molecule has 0 rings (SSSR count). The molecule has 0 aliphatic rings. The van der Waals surface area contributed by atoms with Crippen molar-refractivity contribution in [2.75, 3.05) is 0 Å². The first-order chi connectivity index (χ1) is 8.07. The molecule has 104 valence electrons. The van der Waals surface area contributed by atoms with Gasteiger partial charge in [0.25, 0.3) is 0 Å². The van der Waals surface area contributed by atoms with Gasteiger partial charge in [-0.1, -0.05) is 72.1 Å². The number of hydrogen-bond acceptors (Lipinski definition) is 1. The summed E-state index contributed by atoms with van der Waals surface area (Å²) in [6.45, 7) is 8.71. The molecule has 0 bridgehead atoms. The van der Waals surface area contributed by atoms with Gasteiger partial charge in [0.2, 0.25) is 0 Å². The molecule has 0 radical (unpaired) electrons. The molecule has 17 heavy (non-hydrogen) atoms. The minimum absolute atomic E-state index is 0.139. The molecule has 3 atom stereocenters. The maximum Gasteiger partial charge on any atom is 0.0537 e. The molecule has 0 saturated heterocycles. The van der Waals surface area contributed by atoms with Crippen LogP contribution in [-0.4, -0.2) is 11.2 Å². The summed E-state index contributed by atoms with van der Waals surface area (Å²) >= 11 is 0. The highest BCUT2D eigenvalue weighted by atomic mass is 16.3. The number of aliphatic hydroxyl groups excluding tert-OH is 1. The Morgan fingerprint density at radius 1 is 0.765 bits per heavy atom. The Morgan fingerprint density at radius 3 is 1.94 bits per heavy atom. The van der Waals surface area contributed by atoms with Gasteiger partial charge >= 0.3 is 0 Å². The highest BCUT2D eigenvalue weighted by Crippen LogP contribution is 2.19. The molecule has 0 spiro atoms. The lowest BCUT2D eigenvalue weighted by molar-refractivity contribution is 0.127. The normalized spacial score (nSPS) is 16.8. The fraction of sp³-hybridized carbons (Fsp3) is 1.00. The van der Waals surface area contributed by atoms with E-state index >= 15 is 0 Å². The lowest BCUT2D eigenvalue weighted by Gasteiger charge is -2.16. The van der Waals surface area contributed by atoms with Crippen molar-refractivity contribution in [3.05, 3.63) is 0 Å². The van der Waals surface area contributed by atoms with Gasteiger partial charge in [-0.2, -0.15) is 0 Å². The van der Waals surface area contributed by atoms with E-state index in [0.29, 0.717) is 5.92 Å². The van der Waals surface area contributed by atoms with Gasteiger partial charge in [0.05, 0.1) is 6.10 Å². The van der Waals surface area contributed by atoms with Crippen LogP contribution >= 0.6 is 0 Å². The molecule has 0 aliphatic carbocycles. The molecular formula is C16H34O. The molecule has 0 aromatic carbocycles. The Labute approximate surface area is 109 Å². The molecule has 0 aromatic heterocycles. The molecule has 0 heterocycles. The van der Waals surface area contributed by atoms with Gasteiger partial charge in [0.15, 0.2) is 0 Å². The van der Waals surface area contributed by atoms with E-state index in [1.54, 1.807) is 0 Å². The van der Waals surface area contributed by atoms with Crippen LogP contribution in [0, 0.1) is 11.8 Å². The zero-order chi connectivity index (χ0) is 13.1. The topological polar surface area (TPSA) is 20.2 Å². The second-order valence-electron chi connectivity index (χ2n) is 5.96. The van der Waals surface area contributed by atoms with Crippen LogP contribution in [0.1, 0.15) is 85.5 Å². The van der Waals surface area contributed by atoms with Gasteiger partial charge in [-0.25, -0.2) is 0 Å². The average Bonchev–Trinajstić information content (AvgIpc) is 2.28. The van der Waals surface area contributed by atoms with Crippen LogP contribution in [0.5, 0.6) is 0 Å². The zero-order valence-corrected chi connectivity index (χ0v) is 12.5. The van der Waals surface area contributed by atoms with Crippen molar-refractivity contribution in [3.63, 3.8) is 0 Å². The molecule has 3 unspecified atom stereocenters. The minimum atomic E-state index is -0.139. The van der Waals surface area contributed by atoms with Crippen LogP contribution < -0.4 is 0 Å². The summed E-state index contributed by atoms with van der Waals surface area (Å²) in [4.78, 5) is 0. The maximum absolute atomic E-state index is 9.41. The monoisotopic (exact) mass is 242 g/mol. The van der Waals surface area contributed by atoms with Crippen molar-refractivity contribution in [2.24, 2.45) is 11.8 Å². The zero-order valence-electron chi connectivity index (χ0n) is 12.5. The molecule has 0 fully saturated rings. The minimum Gasteiger partial charge on any atom is -0.393 e. The van der Waals surface area contributed by atoms with E-state index in [1.165, 1.54) is 57.8 Å². The van der Waals surface area contributed by atoms with Crippen molar-refractivity contribution in [2.45, 2.75) is 91.6 Å². The van der Waals surface area contributed by atoms with Crippen molar-refractivity contribution >= 4 is 0 Å². The Hall–Kier alpha value is -0.0400. The summed E-state index contributed by atoms with van der Waals surface area (Å²) in [5.41, 5.74) is 0. The largest absolute Gasteiger partial charge is 0.393 e. The van der Waals surface area contributed by atoms with Gasteiger partial charge in [-0.15, -0.1) is 0 Å². The Balaban J connectivity index is 3.31. The average molecular weight is 242 g/mol. The quantitative estimate of drug-likeness (QED) is 0.496. The SMILES string of the molecule is CCCCCCCC(C)CCCC(C)C(C)O. The first kappa shape index (κ1) is 17.0. The molecule has 0 saturated carbocycles. The van der Waals surface area contributed by atoms with Gasteiger partial charge in [-0.05, 0) is 25.2 Å². The van der Waals surface area contributed by atoms with E-state index in [4.69, 9.17) is 0 Å². The van der Waals surface area contributed by atoms with Crippen LogP contribution in [0.15, 0.2) is 0 Å². The van der Waals surface area contributed by atoms with Crippen LogP contribution in [0.3, 0.4) is 0 Å². The van der Waals surface area contributed by atoms with E-state index in [9.17, 15) is 5.11 Å².